The van der Waals surface area contributed by atoms with E-state index in [2.05, 4.69) is 20.4 Å². The zero-order valence-corrected chi connectivity index (χ0v) is 22.4. The fraction of sp³-hybridized carbons (Fsp3) is 0.480. The van der Waals surface area contributed by atoms with E-state index in [1.807, 2.05) is 6.92 Å². The highest BCUT2D eigenvalue weighted by molar-refractivity contribution is 5.90. The zero-order valence-electron chi connectivity index (χ0n) is 22.4. The molecular weight excluding hydrogens is 558 g/mol. The number of rotatable bonds is 7. The van der Waals surface area contributed by atoms with Crippen LogP contribution in [0.4, 0.5) is 42.8 Å². The Labute approximate surface area is 231 Å². The normalized spacial score (nSPS) is 17.4. The number of nitrogens with zero attached hydrogens (tertiary/aromatic N) is 7. The highest BCUT2D eigenvalue weighted by Crippen LogP contribution is 2.43. The Bertz CT molecular complexity index is 1360. The van der Waals surface area contributed by atoms with Gasteiger partial charge in [-0.3, -0.25) is 9.88 Å². The molecule has 16 heteroatoms. The quantitative estimate of drug-likeness (QED) is 0.390. The molecule has 3 aromatic rings. The lowest BCUT2D eigenvalue weighted by molar-refractivity contribution is -0.143. The molecule has 2 N–H and O–H groups in total. The number of hydrogen-bond acceptors (Lipinski definition) is 8. The van der Waals surface area contributed by atoms with Gasteiger partial charge in [0.25, 0.3) is 5.95 Å². The van der Waals surface area contributed by atoms with Crippen LogP contribution in [0.25, 0.3) is 0 Å². The monoisotopic (exact) mass is 586 g/mol. The van der Waals surface area contributed by atoms with Gasteiger partial charge in [-0.25, -0.2) is 4.79 Å². The molecule has 0 aliphatic carbocycles. The number of carbonyl (C=O) groups is 1. The first-order chi connectivity index (χ1) is 19.3. The number of tetrazole rings is 1. The third-order valence-electron chi connectivity index (χ3n) is 6.72. The molecule has 0 saturated carbocycles. The molecule has 1 amide bonds. The molecule has 3 heterocycles. The number of nitrogens with two attached hydrogens (primary N) is 1. The van der Waals surface area contributed by atoms with Crippen LogP contribution in [-0.4, -0.2) is 51.0 Å². The predicted molar refractivity (Wildman–Crippen MR) is 135 cm³/mol. The number of ether oxygens (including phenoxy) is 1. The number of alkyl halides is 6. The summed E-state index contributed by atoms with van der Waals surface area (Å²) in [6.45, 7) is 3.45. The fourth-order valence-electron chi connectivity index (χ4n) is 4.85. The van der Waals surface area contributed by atoms with Crippen LogP contribution in [0.5, 0.6) is 0 Å². The van der Waals surface area contributed by atoms with Gasteiger partial charge in [0.05, 0.1) is 42.2 Å². The first kappa shape index (κ1) is 30.0. The van der Waals surface area contributed by atoms with Gasteiger partial charge in [-0.1, -0.05) is 12.0 Å². The van der Waals surface area contributed by atoms with Gasteiger partial charge in [0.15, 0.2) is 0 Å². The Balaban J connectivity index is 1.90. The molecule has 4 rings (SSSR count). The Morgan fingerprint density at radius 2 is 1.78 bits per heavy atom. The molecule has 0 fully saturated rings. The van der Waals surface area contributed by atoms with Crippen molar-refractivity contribution in [3.8, 4) is 0 Å². The van der Waals surface area contributed by atoms with E-state index in [9.17, 15) is 31.1 Å². The van der Waals surface area contributed by atoms with Crippen LogP contribution in [0.15, 0.2) is 30.3 Å². The van der Waals surface area contributed by atoms with Crippen LogP contribution in [0.2, 0.25) is 0 Å². The van der Waals surface area contributed by atoms with E-state index >= 15 is 0 Å². The first-order valence-electron chi connectivity index (χ1n) is 12.6. The van der Waals surface area contributed by atoms with E-state index in [1.54, 1.807) is 19.1 Å². The van der Waals surface area contributed by atoms with E-state index in [1.165, 1.54) is 21.7 Å². The van der Waals surface area contributed by atoms with Gasteiger partial charge >= 0.3 is 18.4 Å². The molecule has 10 nitrogen and oxygen atoms in total. The summed E-state index contributed by atoms with van der Waals surface area (Å²) in [6.07, 6.45) is -10.0. The molecule has 2 atom stereocenters. The second-order valence-electron chi connectivity index (χ2n) is 9.53. The topological polar surface area (TPSA) is 115 Å². The smallest absolute Gasteiger partial charge is 0.416 e. The highest BCUT2D eigenvalue weighted by atomic mass is 19.4. The summed E-state index contributed by atoms with van der Waals surface area (Å²) in [6, 6.07) is 3.56. The van der Waals surface area contributed by atoms with Crippen molar-refractivity contribution in [3.05, 3.63) is 58.4 Å². The van der Waals surface area contributed by atoms with Gasteiger partial charge < -0.3 is 15.4 Å². The van der Waals surface area contributed by atoms with Gasteiger partial charge in [-0.15, -0.1) is 5.10 Å². The maximum Gasteiger partial charge on any atom is 0.416 e. The number of fused-ring (bicyclic) bond motifs is 1. The summed E-state index contributed by atoms with van der Waals surface area (Å²) in [7, 11) is 1.24. The van der Waals surface area contributed by atoms with E-state index in [-0.39, 0.29) is 37.1 Å². The summed E-state index contributed by atoms with van der Waals surface area (Å²) in [5.41, 5.74) is 3.75. The third kappa shape index (κ3) is 6.36. The Kier molecular flexibility index (Phi) is 8.42. The SMILES string of the molecule is CCC1CC(N(Cc2cc(C(F)(F)F)cc(C(F)(F)F)c2)c2nnn(CCN)n2)c2nc(C)ccc2N1C(=O)OC. The zero-order chi connectivity index (χ0) is 30.1. The number of hydrogen-bond donors (Lipinski definition) is 1. The van der Waals surface area contributed by atoms with E-state index in [0.29, 0.717) is 35.6 Å². The second kappa shape index (κ2) is 11.5. The van der Waals surface area contributed by atoms with Crippen molar-refractivity contribution in [2.45, 2.75) is 64.2 Å². The van der Waals surface area contributed by atoms with Crippen LogP contribution in [0.3, 0.4) is 0 Å². The lowest BCUT2D eigenvalue weighted by Crippen LogP contribution is -2.48. The number of anilines is 2. The summed E-state index contributed by atoms with van der Waals surface area (Å²) in [5, 5.41) is 12.3. The summed E-state index contributed by atoms with van der Waals surface area (Å²) in [4.78, 5) is 21.5. The highest BCUT2D eigenvalue weighted by Gasteiger charge is 2.42. The van der Waals surface area contributed by atoms with Gasteiger partial charge in [-0.2, -0.15) is 31.1 Å². The third-order valence-corrected chi connectivity index (χ3v) is 6.72. The molecule has 0 spiro atoms. The van der Waals surface area contributed by atoms with Crippen molar-refractivity contribution < 1.29 is 35.9 Å². The Morgan fingerprint density at radius 3 is 2.34 bits per heavy atom. The van der Waals surface area contributed by atoms with Crippen LogP contribution in [0, 0.1) is 6.92 Å². The maximum absolute atomic E-state index is 13.6. The van der Waals surface area contributed by atoms with E-state index in [4.69, 9.17) is 10.5 Å². The van der Waals surface area contributed by atoms with Gasteiger partial charge in [0, 0.05) is 24.8 Å². The van der Waals surface area contributed by atoms with Crippen LogP contribution < -0.4 is 15.5 Å². The van der Waals surface area contributed by atoms with Crippen LogP contribution in [-0.2, 0) is 30.2 Å². The molecule has 1 aliphatic rings. The minimum Gasteiger partial charge on any atom is -0.452 e. The summed E-state index contributed by atoms with van der Waals surface area (Å²) < 4.78 is 86.8. The minimum atomic E-state index is -5.02. The molecule has 2 unspecified atom stereocenters. The fourth-order valence-corrected chi connectivity index (χ4v) is 4.85. The number of aromatic nitrogens is 5. The number of amides is 1. The van der Waals surface area contributed by atoms with Gasteiger partial charge in [0.1, 0.15) is 0 Å². The average Bonchev–Trinajstić information content (AvgIpc) is 3.38. The van der Waals surface area contributed by atoms with Gasteiger partial charge in [0.2, 0.25) is 0 Å². The largest absolute Gasteiger partial charge is 0.452 e. The Morgan fingerprint density at radius 1 is 1.12 bits per heavy atom. The van der Waals surface area contributed by atoms with Crippen LogP contribution in [0.1, 0.15) is 53.9 Å². The van der Waals surface area contributed by atoms with Crippen molar-refractivity contribution in [1.82, 2.24) is 25.2 Å². The molecule has 2 aromatic heterocycles. The number of benzene rings is 1. The maximum atomic E-state index is 13.6. The first-order valence-corrected chi connectivity index (χ1v) is 12.6. The van der Waals surface area contributed by atoms with Crippen LogP contribution >= 0.6 is 0 Å². The van der Waals surface area contributed by atoms with Crippen molar-refractivity contribution in [2.75, 3.05) is 23.5 Å². The molecule has 41 heavy (non-hydrogen) atoms. The molecule has 1 aliphatic heterocycles. The molecular formula is C25H28F6N8O2. The molecule has 0 saturated heterocycles. The van der Waals surface area contributed by atoms with Gasteiger partial charge in [-0.05, 0) is 60.9 Å². The van der Waals surface area contributed by atoms with E-state index < -0.39 is 48.2 Å². The number of carbonyl (C=O) groups excluding carboxylic acids is 1. The summed E-state index contributed by atoms with van der Waals surface area (Å²) in [5.74, 6) is -0.0509. The predicted octanol–water partition coefficient (Wildman–Crippen LogP) is 4.88. The van der Waals surface area contributed by atoms with Crippen molar-refractivity contribution >= 4 is 17.7 Å². The number of aryl methyl sites for hydroxylation is 1. The molecule has 1 aromatic carbocycles. The number of halogens is 6. The lowest BCUT2D eigenvalue weighted by Gasteiger charge is -2.42. The number of pyridine rings is 1. The Hall–Kier alpha value is -3.95. The molecule has 0 bridgehead atoms. The lowest BCUT2D eigenvalue weighted by atomic mass is 9.91. The van der Waals surface area contributed by atoms with Crippen molar-refractivity contribution in [2.24, 2.45) is 5.73 Å². The van der Waals surface area contributed by atoms with Crippen molar-refractivity contribution in [3.63, 3.8) is 0 Å². The number of methoxy groups -OCH3 is 1. The average molecular weight is 587 g/mol. The van der Waals surface area contributed by atoms with Crippen molar-refractivity contribution in [1.29, 1.82) is 0 Å². The standard InChI is InChI=1S/C25H28F6N8O2/c1-4-18-12-20(21-19(6-5-14(2)33-21)39(18)23(40)41-3)37(22-34-36-38(35-22)8-7-32)13-15-9-16(24(26,27)28)11-17(10-15)25(29,30)31/h5-6,9-11,18,20H,4,7-8,12-13,32H2,1-3H3. The molecule has 222 valence electrons. The second-order valence-corrected chi connectivity index (χ2v) is 9.53. The summed E-state index contributed by atoms with van der Waals surface area (Å²) >= 11 is 0. The van der Waals surface area contributed by atoms with E-state index in [0.717, 1.165) is 0 Å². The molecule has 0 radical (unpaired) electrons. The minimum absolute atomic E-state index is 0.0509.